The molecule has 1 heterocycles. The first kappa shape index (κ1) is 13.4. The lowest BCUT2D eigenvalue weighted by molar-refractivity contribution is 0.189. The fourth-order valence-electron chi connectivity index (χ4n) is 2.43. The Bertz CT molecular complexity index is 359. The van der Waals surface area contributed by atoms with Crippen molar-refractivity contribution in [3.8, 4) is 5.75 Å². The average Bonchev–Trinajstić information content (AvgIpc) is 2.88. The van der Waals surface area contributed by atoms with Gasteiger partial charge in [-0.15, -0.1) is 0 Å². The molecule has 0 aliphatic carbocycles. The number of hydrogen-bond donors (Lipinski definition) is 1. The molecule has 1 atom stereocenters. The van der Waals surface area contributed by atoms with Crippen LogP contribution in [-0.2, 0) is 0 Å². The van der Waals surface area contributed by atoms with Crippen LogP contribution in [0.5, 0.6) is 5.75 Å². The van der Waals surface area contributed by atoms with Crippen molar-refractivity contribution in [2.24, 2.45) is 0 Å². The second-order valence-electron chi connectivity index (χ2n) is 4.96. The SMILES string of the molecule is CC(O)c1ccccc1OCCCN1CCCC1. The minimum Gasteiger partial charge on any atom is -0.493 e. The quantitative estimate of drug-likeness (QED) is 0.787. The van der Waals surface area contributed by atoms with Crippen LogP contribution in [0.2, 0.25) is 0 Å². The van der Waals surface area contributed by atoms with Gasteiger partial charge >= 0.3 is 0 Å². The van der Waals surface area contributed by atoms with E-state index in [2.05, 4.69) is 4.90 Å². The van der Waals surface area contributed by atoms with Crippen LogP contribution in [0.25, 0.3) is 0 Å². The molecule has 0 spiro atoms. The third kappa shape index (κ3) is 3.72. The van der Waals surface area contributed by atoms with Crippen molar-refractivity contribution in [1.29, 1.82) is 0 Å². The van der Waals surface area contributed by atoms with Crippen LogP contribution >= 0.6 is 0 Å². The summed E-state index contributed by atoms with van der Waals surface area (Å²) < 4.78 is 5.77. The minimum atomic E-state index is -0.472. The van der Waals surface area contributed by atoms with Gasteiger partial charge in [0.05, 0.1) is 12.7 Å². The zero-order valence-electron chi connectivity index (χ0n) is 11.1. The van der Waals surface area contributed by atoms with Gasteiger partial charge in [-0.25, -0.2) is 0 Å². The largest absolute Gasteiger partial charge is 0.493 e. The molecular weight excluding hydrogens is 226 g/mol. The summed E-state index contributed by atoms with van der Waals surface area (Å²) in [5, 5.41) is 9.65. The van der Waals surface area contributed by atoms with Crippen LogP contribution in [0.1, 0.15) is 37.9 Å². The van der Waals surface area contributed by atoms with Crippen molar-refractivity contribution in [3.05, 3.63) is 29.8 Å². The molecule has 1 aromatic rings. The molecule has 1 fully saturated rings. The maximum Gasteiger partial charge on any atom is 0.125 e. The zero-order valence-corrected chi connectivity index (χ0v) is 11.1. The standard InChI is InChI=1S/C15H23NO2/c1-13(17)14-7-2-3-8-15(14)18-12-6-11-16-9-4-5-10-16/h2-3,7-8,13,17H,4-6,9-12H2,1H3. The van der Waals surface area contributed by atoms with E-state index in [1.807, 2.05) is 24.3 Å². The molecule has 0 bridgehead atoms. The number of rotatable bonds is 6. The predicted molar refractivity (Wildman–Crippen MR) is 72.9 cm³/mol. The van der Waals surface area contributed by atoms with Gasteiger partial charge in [0, 0.05) is 12.1 Å². The Balaban J connectivity index is 1.75. The van der Waals surface area contributed by atoms with Gasteiger partial charge in [-0.05, 0) is 45.3 Å². The molecule has 1 aromatic carbocycles. The number of likely N-dealkylation sites (tertiary alicyclic amines) is 1. The molecule has 3 nitrogen and oxygen atoms in total. The Morgan fingerprint density at radius 3 is 2.72 bits per heavy atom. The molecule has 3 heteroatoms. The Morgan fingerprint density at radius 1 is 1.28 bits per heavy atom. The van der Waals surface area contributed by atoms with Gasteiger partial charge in [0.15, 0.2) is 0 Å². The maximum atomic E-state index is 9.65. The van der Waals surface area contributed by atoms with Gasteiger partial charge in [0.2, 0.25) is 0 Å². The van der Waals surface area contributed by atoms with Crippen molar-refractivity contribution >= 4 is 0 Å². The van der Waals surface area contributed by atoms with Gasteiger partial charge in [-0.2, -0.15) is 0 Å². The molecule has 1 N–H and O–H groups in total. The maximum absolute atomic E-state index is 9.65. The van der Waals surface area contributed by atoms with E-state index in [4.69, 9.17) is 4.74 Å². The van der Waals surface area contributed by atoms with Gasteiger partial charge < -0.3 is 14.7 Å². The van der Waals surface area contributed by atoms with Crippen LogP contribution in [-0.4, -0.2) is 36.2 Å². The molecule has 0 amide bonds. The van der Waals surface area contributed by atoms with Crippen molar-refractivity contribution in [1.82, 2.24) is 4.90 Å². The van der Waals surface area contributed by atoms with E-state index in [-0.39, 0.29) is 0 Å². The number of benzene rings is 1. The normalized spacial score (nSPS) is 17.9. The third-order valence-corrected chi connectivity index (χ3v) is 3.44. The van der Waals surface area contributed by atoms with Gasteiger partial charge in [0.25, 0.3) is 0 Å². The molecule has 2 rings (SSSR count). The van der Waals surface area contributed by atoms with Crippen LogP contribution in [0.3, 0.4) is 0 Å². The molecule has 1 saturated heterocycles. The summed E-state index contributed by atoms with van der Waals surface area (Å²) in [5.74, 6) is 0.814. The first-order valence-electron chi connectivity index (χ1n) is 6.89. The predicted octanol–water partition coefficient (Wildman–Crippen LogP) is 2.60. The molecule has 1 aliphatic rings. The number of para-hydroxylation sites is 1. The Labute approximate surface area is 109 Å². The van der Waals surface area contributed by atoms with Crippen LogP contribution in [0.4, 0.5) is 0 Å². The van der Waals surface area contributed by atoms with Gasteiger partial charge in [-0.3, -0.25) is 0 Å². The average molecular weight is 249 g/mol. The first-order chi connectivity index (χ1) is 8.77. The van der Waals surface area contributed by atoms with E-state index < -0.39 is 6.10 Å². The highest BCUT2D eigenvalue weighted by molar-refractivity contribution is 5.34. The number of hydrogen-bond acceptors (Lipinski definition) is 3. The van der Waals surface area contributed by atoms with Crippen molar-refractivity contribution in [2.75, 3.05) is 26.2 Å². The number of nitrogens with zero attached hydrogens (tertiary/aromatic N) is 1. The highest BCUT2D eigenvalue weighted by Crippen LogP contribution is 2.24. The van der Waals surface area contributed by atoms with Crippen molar-refractivity contribution < 1.29 is 9.84 Å². The van der Waals surface area contributed by atoms with E-state index in [9.17, 15) is 5.11 Å². The lowest BCUT2D eigenvalue weighted by atomic mass is 10.1. The summed E-state index contributed by atoms with van der Waals surface area (Å²) in [6.07, 6.45) is 3.26. The van der Waals surface area contributed by atoms with Crippen molar-refractivity contribution in [2.45, 2.75) is 32.3 Å². The van der Waals surface area contributed by atoms with Crippen LogP contribution in [0, 0.1) is 0 Å². The molecule has 18 heavy (non-hydrogen) atoms. The van der Waals surface area contributed by atoms with Crippen molar-refractivity contribution in [3.63, 3.8) is 0 Å². The van der Waals surface area contributed by atoms with E-state index in [0.29, 0.717) is 0 Å². The monoisotopic (exact) mass is 249 g/mol. The smallest absolute Gasteiger partial charge is 0.125 e. The lowest BCUT2D eigenvalue weighted by Crippen LogP contribution is -2.22. The lowest BCUT2D eigenvalue weighted by Gasteiger charge is -2.16. The second kappa shape index (κ2) is 6.76. The molecule has 0 aromatic heterocycles. The molecule has 1 aliphatic heterocycles. The van der Waals surface area contributed by atoms with E-state index in [0.717, 1.165) is 30.9 Å². The van der Waals surface area contributed by atoms with E-state index >= 15 is 0 Å². The number of aliphatic hydroxyl groups excluding tert-OH is 1. The van der Waals surface area contributed by atoms with Crippen LogP contribution in [0.15, 0.2) is 24.3 Å². The van der Waals surface area contributed by atoms with E-state index in [1.165, 1.54) is 25.9 Å². The van der Waals surface area contributed by atoms with Gasteiger partial charge in [0.1, 0.15) is 5.75 Å². The topological polar surface area (TPSA) is 32.7 Å². The summed E-state index contributed by atoms with van der Waals surface area (Å²) in [6.45, 7) is 6.10. The fraction of sp³-hybridized carbons (Fsp3) is 0.600. The van der Waals surface area contributed by atoms with E-state index in [1.54, 1.807) is 6.92 Å². The minimum absolute atomic E-state index is 0.472. The first-order valence-corrected chi connectivity index (χ1v) is 6.89. The molecule has 0 saturated carbocycles. The summed E-state index contributed by atoms with van der Waals surface area (Å²) in [7, 11) is 0. The molecule has 0 radical (unpaired) electrons. The molecule has 100 valence electrons. The second-order valence-corrected chi connectivity index (χ2v) is 4.96. The third-order valence-electron chi connectivity index (χ3n) is 3.44. The summed E-state index contributed by atoms with van der Waals surface area (Å²) in [6, 6.07) is 7.72. The summed E-state index contributed by atoms with van der Waals surface area (Å²) in [4.78, 5) is 2.49. The van der Waals surface area contributed by atoms with Gasteiger partial charge in [-0.1, -0.05) is 18.2 Å². The Kier molecular flexibility index (Phi) is 5.02. The molecular formula is C15H23NO2. The zero-order chi connectivity index (χ0) is 12.8. The van der Waals surface area contributed by atoms with Crippen LogP contribution < -0.4 is 4.74 Å². The summed E-state index contributed by atoms with van der Waals surface area (Å²) >= 11 is 0. The number of ether oxygens (including phenoxy) is 1. The fourth-order valence-corrected chi connectivity index (χ4v) is 2.43. The Hall–Kier alpha value is -1.06. The Morgan fingerprint density at radius 2 is 2.00 bits per heavy atom. The highest BCUT2D eigenvalue weighted by atomic mass is 16.5. The number of aliphatic hydroxyl groups is 1. The molecule has 1 unspecified atom stereocenters. The summed E-state index contributed by atoms with van der Waals surface area (Å²) in [5.41, 5.74) is 0.874. The highest BCUT2D eigenvalue weighted by Gasteiger charge is 2.11.